The first-order valence-corrected chi connectivity index (χ1v) is 4.17. The summed E-state index contributed by atoms with van der Waals surface area (Å²) in [7, 11) is -1.46. The second-order valence-electron chi connectivity index (χ2n) is 2.77. The summed E-state index contributed by atoms with van der Waals surface area (Å²) in [5.74, 6) is -0.367. The van der Waals surface area contributed by atoms with E-state index in [4.69, 9.17) is 10.9 Å². The van der Waals surface area contributed by atoms with E-state index in [0.717, 1.165) is 0 Å². The number of nitrogens with two attached hydrogens (primary N) is 2. The van der Waals surface area contributed by atoms with E-state index in [9.17, 15) is 9.00 Å². The largest absolute Gasteiger partial charge is 0.369 e. The van der Waals surface area contributed by atoms with Gasteiger partial charge in [-0.05, 0) is 0 Å². The van der Waals surface area contributed by atoms with Crippen molar-refractivity contribution < 1.29 is 9.00 Å². The summed E-state index contributed by atoms with van der Waals surface area (Å²) in [5.41, 5.74) is 4.23. The minimum absolute atomic E-state index is 0.113. The molecule has 0 radical (unpaired) electrons. The molecule has 0 saturated carbocycles. The SMILES string of the molecule is CC(C)(CS(N)=O)C(N)=O. The van der Waals surface area contributed by atoms with Crippen LogP contribution in [0.1, 0.15) is 13.8 Å². The van der Waals surface area contributed by atoms with Crippen LogP contribution in [0.2, 0.25) is 0 Å². The Balaban J connectivity index is 4.13. The van der Waals surface area contributed by atoms with Gasteiger partial charge in [-0.2, -0.15) is 0 Å². The summed E-state index contributed by atoms with van der Waals surface area (Å²) >= 11 is 0. The minimum atomic E-state index is -1.46. The summed E-state index contributed by atoms with van der Waals surface area (Å²) in [6, 6.07) is 0. The first-order chi connectivity index (χ1) is 4.36. The van der Waals surface area contributed by atoms with Gasteiger partial charge >= 0.3 is 0 Å². The van der Waals surface area contributed by atoms with Crippen LogP contribution >= 0.6 is 0 Å². The fraction of sp³-hybridized carbons (Fsp3) is 0.800. The van der Waals surface area contributed by atoms with Gasteiger partial charge in [0.15, 0.2) is 0 Å². The number of primary amides is 1. The van der Waals surface area contributed by atoms with Crippen LogP contribution in [0.5, 0.6) is 0 Å². The summed E-state index contributed by atoms with van der Waals surface area (Å²) < 4.78 is 10.4. The number of carbonyl (C=O) groups is 1. The lowest BCUT2D eigenvalue weighted by Gasteiger charge is -2.17. The van der Waals surface area contributed by atoms with Crippen molar-refractivity contribution in [3.8, 4) is 0 Å². The molecule has 1 unspecified atom stereocenters. The van der Waals surface area contributed by atoms with Crippen LogP contribution in [0, 0.1) is 5.41 Å². The smallest absolute Gasteiger partial charge is 0.224 e. The molecule has 0 fully saturated rings. The van der Waals surface area contributed by atoms with Crippen molar-refractivity contribution in [2.45, 2.75) is 13.8 Å². The molecular weight excluding hydrogens is 152 g/mol. The lowest BCUT2D eigenvalue weighted by Crippen LogP contribution is -2.37. The van der Waals surface area contributed by atoms with E-state index < -0.39 is 22.3 Å². The van der Waals surface area contributed by atoms with Crippen LogP contribution < -0.4 is 10.9 Å². The van der Waals surface area contributed by atoms with Crippen molar-refractivity contribution in [1.82, 2.24) is 0 Å². The van der Waals surface area contributed by atoms with Gasteiger partial charge in [-0.25, -0.2) is 4.21 Å². The highest BCUT2D eigenvalue weighted by Gasteiger charge is 2.26. The molecule has 0 aromatic heterocycles. The molecule has 0 rings (SSSR count). The van der Waals surface area contributed by atoms with Crippen LogP contribution in [-0.4, -0.2) is 15.9 Å². The number of hydrogen-bond donors (Lipinski definition) is 2. The maximum absolute atomic E-state index is 10.6. The highest BCUT2D eigenvalue weighted by atomic mass is 32.2. The molecule has 0 aliphatic carbocycles. The molecule has 0 heterocycles. The van der Waals surface area contributed by atoms with Crippen molar-refractivity contribution in [3.63, 3.8) is 0 Å². The second kappa shape index (κ2) is 3.12. The average molecular weight is 164 g/mol. The molecule has 4 N–H and O–H groups in total. The summed E-state index contributed by atoms with van der Waals surface area (Å²) in [6.45, 7) is 3.22. The van der Waals surface area contributed by atoms with Gasteiger partial charge in [-0.1, -0.05) is 13.8 Å². The predicted octanol–water partition coefficient (Wildman–Crippen LogP) is -0.880. The fourth-order valence-electron chi connectivity index (χ4n) is 0.427. The zero-order valence-corrected chi connectivity index (χ0v) is 6.90. The molecule has 0 aliphatic heterocycles. The van der Waals surface area contributed by atoms with Crippen LogP contribution in [-0.2, 0) is 15.8 Å². The Hall–Kier alpha value is -0.420. The number of amides is 1. The molecule has 0 aromatic carbocycles. The third-order valence-electron chi connectivity index (χ3n) is 1.17. The molecule has 0 saturated heterocycles. The van der Waals surface area contributed by atoms with Gasteiger partial charge in [0.05, 0.1) is 22.2 Å². The lowest BCUT2D eigenvalue weighted by molar-refractivity contribution is -0.124. The van der Waals surface area contributed by atoms with Crippen LogP contribution in [0.25, 0.3) is 0 Å². The topological polar surface area (TPSA) is 86.2 Å². The van der Waals surface area contributed by atoms with E-state index in [2.05, 4.69) is 0 Å². The summed E-state index contributed by atoms with van der Waals surface area (Å²) in [5, 5.41) is 4.98. The Morgan fingerprint density at radius 3 is 2.10 bits per heavy atom. The van der Waals surface area contributed by atoms with E-state index in [1.807, 2.05) is 0 Å². The van der Waals surface area contributed by atoms with Crippen molar-refractivity contribution in [1.29, 1.82) is 0 Å². The summed E-state index contributed by atoms with van der Waals surface area (Å²) in [4.78, 5) is 10.6. The normalized spacial score (nSPS) is 14.7. The molecular formula is C5H12N2O2S. The fourth-order valence-corrected chi connectivity index (χ4v) is 1.28. The van der Waals surface area contributed by atoms with E-state index >= 15 is 0 Å². The van der Waals surface area contributed by atoms with Gasteiger partial charge < -0.3 is 5.73 Å². The average Bonchev–Trinajstić information content (AvgIpc) is 1.60. The van der Waals surface area contributed by atoms with E-state index in [0.29, 0.717) is 0 Å². The molecule has 60 valence electrons. The first-order valence-electron chi connectivity index (χ1n) is 2.79. The number of hydrogen-bond acceptors (Lipinski definition) is 2. The van der Waals surface area contributed by atoms with Crippen molar-refractivity contribution in [2.24, 2.45) is 16.3 Å². The van der Waals surface area contributed by atoms with E-state index in [1.165, 1.54) is 0 Å². The second-order valence-corrected chi connectivity index (χ2v) is 3.82. The first kappa shape index (κ1) is 9.58. The minimum Gasteiger partial charge on any atom is -0.369 e. The monoisotopic (exact) mass is 164 g/mol. The van der Waals surface area contributed by atoms with Crippen molar-refractivity contribution >= 4 is 16.9 Å². The zero-order valence-electron chi connectivity index (χ0n) is 6.09. The molecule has 0 aliphatic rings. The van der Waals surface area contributed by atoms with Gasteiger partial charge in [0.2, 0.25) is 5.91 Å². The molecule has 5 heteroatoms. The highest BCUT2D eigenvalue weighted by molar-refractivity contribution is 7.82. The maximum atomic E-state index is 10.6. The standard InChI is InChI=1S/C5H12N2O2S/c1-5(2,4(6)8)3-10(7)9/h3,7H2,1-2H3,(H2,6,8). The third kappa shape index (κ3) is 2.93. The van der Waals surface area contributed by atoms with Crippen LogP contribution in [0.3, 0.4) is 0 Å². The quantitative estimate of drug-likeness (QED) is 0.567. The molecule has 1 atom stereocenters. The third-order valence-corrected chi connectivity index (χ3v) is 2.18. The van der Waals surface area contributed by atoms with Gasteiger partial charge in [0.1, 0.15) is 0 Å². The number of carbonyl (C=O) groups excluding carboxylic acids is 1. The Morgan fingerprint density at radius 2 is 2.00 bits per heavy atom. The Kier molecular flexibility index (Phi) is 2.98. The number of rotatable bonds is 3. The highest BCUT2D eigenvalue weighted by Crippen LogP contribution is 2.13. The molecule has 10 heavy (non-hydrogen) atoms. The molecule has 4 nitrogen and oxygen atoms in total. The Bertz CT molecular complexity index is 167. The zero-order chi connectivity index (χ0) is 8.36. The summed E-state index contributed by atoms with van der Waals surface area (Å²) in [6.07, 6.45) is 0. The van der Waals surface area contributed by atoms with E-state index in [1.54, 1.807) is 13.8 Å². The lowest BCUT2D eigenvalue weighted by atomic mass is 9.96. The van der Waals surface area contributed by atoms with Crippen molar-refractivity contribution in [3.05, 3.63) is 0 Å². The maximum Gasteiger partial charge on any atom is 0.224 e. The molecule has 0 aromatic rings. The van der Waals surface area contributed by atoms with Gasteiger partial charge in [0, 0.05) is 0 Å². The van der Waals surface area contributed by atoms with E-state index in [-0.39, 0.29) is 5.75 Å². The Morgan fingerprint density at radius 1 is 1.60 bits per heavy atom. The van der Waals surface area contributed by atoms with Gasteiger partial charge in [0.25, 0.3) is 0 Å². The molecule has 0 spiro atoms. The van der Waals surface area contributed by atoms with Gasteiger partial charge in [-0.15, -0.1) is 0 Å². The van der Waals surface area contributed by atoms with Crippen molar-refractivity contribution in [2.75, 3.05) is 5.75 Å². The van der Waals surface area contributed by atoms with Crippen LogP contribution in [0.15, 0.2) is 0 Å². The van der Waals surface area contributed by atoms with Gasteiger partial charge in [-0.3, -0.25) is 9.93 Å². The predicted molar refractivity (Wildman–Crippen MR) is 40.2 cm³/mol. The molecule has 0 bridgehead atoms. The Labute approximate surface area is 62.5 Å². The van der Waals surface area contributed by atoms with Crippen LogP contribution in [0.4, 0.5) is 0 Å². The molecule has 1 amide bonds.